The maximum absolute atomic E-state index is 11.9. The van der Waals surface area contributed by atoms with Gasteiger partial charge in [0.25, 0.3) is 5.89 Å². The van der Waals surface area contributed by atoms with Crippen molar-refractivity contribution in [3.63, 3.8) is 0 Å². The summed E-state index contributed by atoms with van der Waals surface area (Å²) in [6.45, 7) is 0. The van der Waals surface area contributed by atoms with Gasteiger partial charge in [0.2, 0.25) is 5.82 Å². The van der Waals surface area contributed by atoms with Crippen molar-refractivity contribution in [1.29, 1.82) is 0 Å². The zero-order chi connectivity index (χ0) is 9.84. The van der Waals surface area contributed by atoms with E-state index in [1.165, 1.54) is 0 Å². The molecule has 0 saturated heterocycles. The van der Waals surface area contributed by atoms with Gasteiger partial charge in [-0.15, -0.1) is 0 Å². The maximum atomic E-state index is 11.9. The summed E-state index contributed by atoms with van der Waals surface area (Å²) in [5.41, 5.74) is 0. The summed E-state index contributed by atoms with van der Waals surface area (Å²) in [6.07, 6.45) is -1.18. The fourth-order valence-electron chi connectivity index (χ4n) is 0.546. The van der Waals surface area contributed by atoms with Crippen molar-refractivity contribution in [2.24, 2.45) is 0 Å². The molecule has 0 saturated carbocycles. The normalized spacial score (nSPS) is 11.3. The summed E-state index contributed by atoms with van der Waals surface area (Å²) in [5.74, 6) is -2.25. The Morgan fingerprint density at radius 1 is 1.62 bits per heavy atom. The first-order valence-corrected chi connectivity index (χ1v) is 3.12. The highest BCUT2D eigenvalue weighted by atomic mass is 19.3. The van der Waals surface area contributed by atoms with Crippen LogP contribution in [0.4, 0.5) is 8.78 Å². The third-order valence-corrected chi connectivity index (χ3v) is 1.02. The highest BCUT2D eigenvalue weighted by Gasteiger charge is 2.14. The van der Waals surface area contributed by atoms with Gasteiger partial charge in [-0.1, -0.05) is 5.16 Å². The molecule has 0 aliphatic carbocycles. The summed E-state index contributed by atoms with van der Waals surface area (Å²) >= 11 is 0. The van der Waals surface area contributed by atoms with Gasteiger partial charge in [-0.3, -0.25) is 0 Å². The summed E-state index contributed by atoms with van der Waals surface area (Å²) in [5, 5.41) is 11.1. The van der Waals surface area contributed by atoms with Gasteiger partial charge in [0.15, 0.2) is 0 Å². The lowest BCUT2D eigenvalue weighted by Crippen LogP contribution is -1.87. The molecule has 1 heterocycles. The van der Waals surface area contributed by atoms with Crippen LogP contribution in [0.1, 0.15) is 18.1 Å². The van der Waals surface area contributed by atoms with E-state index >= 15 is 0 Å². The predicted octanol–water partition coefficient (Wildman–Crippen LogP) is 1.10. The Labute approximate surface area is 70.7 Å². The number of carboxylic acid groups (broad SMARTS) is 1. The Morgan fingerprint density at radius 3 is 2.77 bits per heavy atom. The molecular weight excluding hydrogens is 186 g/mol. The molecule has 0 aliphatic heterocycles. The van der Waals surface area contributed by atoms with Crippen molar-refractivity contribution in [2.45, 2.75) is 6.43 Å². The molecule has 0 amide bonds. The molecule has 0 radical (unpaired) electrons. The van der Waals surface area contributed by atoms with Crippen LogP contribution in [0.5, 0.6) is 0 Å². The van der Waals surface area contributed by atoms with Crippen LogP contribution in [0, 0.1) is 0 Å². The topological polar surface area (TPSA) is 76.2 Å². The van der Waals surface area contributed by atoms with E-state index in [-0.39, 0.29) is 5.89 Å². The summed E-state index contributed by atoms with van der Waals surface area (Å²) < 4.78 is 28.0. The number of hydrogen-bond donors (Lipinski definition) is 1. The Morgan fingerprint density at radius 2 is 2.31 bits per heavy atom. The van der Waals surface area contributed by atoms with Crippen LogP contribution in [0.25, 0.3) is 6.08 Å². The lowest BCUT2D eigenvalue weighted by Gasteiger charge is -1.83. The van der Waals surface area contributed by atoms with Crippen molar-refractivity contribution < 1.29 is 23.2 Å². The van der Waals surface area contributed by atoms with Crippen LogP contribution >= 0.6 is 0 Å². The number of rotatable bonds is 3. The molecule has 0 aliphatic rings. The first-order chi connectivity index (χ1) is 6.09. The Kier molecular flexibility index (Phi) is 2.68. The van der Waals surface area contributed by atoms with Crippen molar-refractivity contribution in [1.82, 2.24) is 10.1 Å². The molecular formula is C6H4F2N2O3. The molecule has 0 atom stereocenters. The van der Waals surface area contributed by atoms with Gasteiger partial charge in [0.1, 0.15) is 0 Å². The Balaban J connectivity index is 2.75. The largest absolute Gasteiger partial charge is 0.478 e. The second-order valence-corrected chi connectivity index (χ2v) is 1.96. The van der Waals surface area contributed by atoms with Crippen molar-refractivity contribution >= 4 is 12.0 Å². The van der Waals surface area contributed by atoms with Gasteiger partial charge < -0.3 is 9.63 Å². The SMILES string of the molecule is O=C(O)C=Cc1nc(C(F)F)no1. The molecule has 1 aromatic rings. The van der Waals surface area contributed by atoms with Crippen molar-refractivity contribution in [3.8, 4) is 0 Å². The summed E-state index contributed by atoms with van der Waals surface area (Å²) in [4.78, 5) is 13.2. The standard InChI is InChI=1S/C6H4F2N2O3/c7-5(8)6-9-3(13-10-6)1-2-4(11)12/h1-2,5H,(H,11,12). The summed E-state index contributed by atoms with van der Waals surface area (Å²) in [7, 11) is 0. The fraction of sp³-hybridized carbons (Fsp3) is 0.167. The molecule has 0 unspecified atom stereocenters. The maximum Gasteiger partial charge on any atom is 0.328 e. The quantitative estimate of drug-likeness (QED) is 0.722. The highest BCUT2D eigenvalue weighted by Crippen LogP contribution is 2.14. The molecule has 70 valence electrons. The Hall–Kier alpha value is -1.79. The van der Waals surface area contributed by atoms with Crippen LogP contribution in [-0.4, -0.2) is 21.2 Å². The molecule has 0 spiro atoms. The predicted molar refractivity (Wildman–Crippen MR) is 35.9 cm³/mol. The van der Waals surface area contributed by atoms with Gasteiger partial charge in [-0.05, 0) is 0 Å². The smallest absolute Gasteiger partial charge is 0.328 e. The van der Waals surface area contributed by atoms with Gasteiger partial charge >= 0.3 is 12.4 Å². The molecule has 1 N–H and O–H groups in total. The molecule has 5 nitrogen and oxygen atoms in total. The number of carbonyl (C=O) groups is 1. The van der Waals surface area contributed by atoms with Crippen molar-refractivity contribution in [3.05, 3.63) is 17.8 Å². The number of nitrogens with zero attached hydrogens (tertiary/aromatic N) is 2. The van der Waals surface area contributed by atoms with E-state index in [2.05, 4.69) is 14.7 Å². The number of halogens is 2. The third kappa shape index (κ3) is 2.62. The number of alkyl halides is 2. The zero-order valence-corrected chi connectivity index (χ0v) is 6.15. The van der Waals surface area contributed by atoms with E-state index in [0.717, 1.165) is 6.08 Å². The highest BCUT2D eigenvalue weighted by molar-refractivity contribution is 5.84. The van der Waals surface area contributed by atoms with Gasteiger partial charge in [0, 0.05) is 12.2 Å². The third-order valence-electron chi connectivity index (χ3n) is 1.02. The van der Waals surface area contributed by atoms with E-state index in [0.29, 0.717) is 6.08 Å². The zero-order valence-electron chi connectivity index (χ0n) is 6.15. The first kappa shape index (κ1) is 9.30. The number of hydrogen-bond acceptors (Lipinski definition) is 4. The first-order valence-electron chi connectivity index (χ1n) is 3.12. The average Bonchev–Trinajstić information content (AvgIpc) is 2.48. The molecule has 0 aromatic carbocycles. The minimum atomic E-state index is -2.82. The van der Waals surface area contributed by atoms with Gasteiger partial charge in [-0.2, -0.15) is 4.98 Å². The number of aromatic nitrogens is 2. The van der Waals surface area contributed by atoms with Crippen LogP contribution in [0.3, 0.4) is 0 Å². The van der Waals surface area contributed by atoms with Crippen LogP contribution in [0.2, 0.25) is 0 Å². The van der Waals surface area contributed by atoms with Crippen molar-refractivity contribution in [2.75, 3.05) is 0 Å². The lowest BCUT2D eigenvalue weighted by molar-refractivity contribution is -0.131. The fourth-order valence-corrected chi connectivity index (χ4v) is 0.546. The van der Waals surface area contributed by atoms with Crippen LogP contribution in [-0.2, 0) is 4.79 Å². The second-order valence-electron chi connectivity index (χ2n) is 1.96. The van der Waals surface area contributed by atoms with E-state index in [1.54, 1.807) is 0 Å². The lowest BCUT2D eigenvalue weighted by atomic mass is 10.5. The monoisotopic (exact) mass is 190 g/mol. The van der Waals surface area contributed by atoms with E-state index < -0.39 is 18.2 Å². The molecule has 13 heavy (non-hydrogen) atoms. The number of carboxylic acids is 1. The molecule has 0 fully saturated rings. The van der Waals surface area contributed by atoms with Gasteiger partial charge in [0.05, 0.1) is 0 Å². The van der Waals surface area contributed by atoms with Crippen LogP contribution in [0.15, 0.2) is 10.6 Å². The minimum Gasteiger partial charge on any atom is -0.478 e. The summed E-state index contributed by atoms with van der Waals surface area (Å²) in [6, 6.07) is 0. The molecule has 0 bridgehead atoms. The van der Waals surface area contributed by atoms with E-state index in [4.69, 9.17) is 5.11 Å². The Bertz CT molecular complexity index is 334. The number of aliphatic carboxylic acids is 1. The average molecular weight is 190 g/mol. The minimum absolute atomic E-state index is 0.266. The van der Waals surface area contributed by atoms with E-state index in [1.807, 2.05) is 0 Å². The second kappa shape index (κ2) is 3.74. The molecule has 7 heteroatoms. The molecule has 1 rings (SSSR count). The molecule has 1 aromatic heterocycles. The van der Waals surface area contributed by atoms with E-state index in [9.17, 15) is 13.6 Å². The van der Waals surface area contributed by atoms with Gasteiger partial charge in [-0.25, -0.2) is 13.6 Å². The van der Waals surface area contributed by atoms with Crippen LogP contribution < -0.4 is 0 Å².